The predicted molar refractivity (Wildman–Crippen MR) is 123 cm³/mol. The quantitative estimate of drug-likeness (QED) is 0.253. The van der Waals surface area contributed by atoms with E-state index in [0.29, 0.717) is 5.92 Å². The van der Waals surface area contributed by atoms with E-state index in [4.69, 9.17) is 0 Å². The van der Waals surface area contributed by atoms with Crippen LogP contribution in [0.5, 0.6) is 0 Å². The van der Waals surface area contributed by atoms with Crippen molar-refractivity contribution >= 4 is 40.8 Å². The lowest BCUT2D eigenvalue weighted by atomic mass is 10.1. The Balaban J connectivity index is 0.00000280. The molecule has 0 bridgehead atoms. The average molecular weight is 498 g/mol. The molecule has 1 aromatic carbocycles. The molecule has 0 saturated carbocycles. The van der Waals surface area contributed by atoms with Crippen LogP contribution in [-0.4, -0.2) is 40.4 Å². The first-order chi connectivity index (χ1) is 13.2. The van der Waals surface area contributed by atoms with Crippen molar-refractivity contribution in [2.45, 2.75) is 26.8 Å². The van der Waals surface area contributed by atoms with E-state index >= 15 is 0 Å². The summed E-state index contributed by atoms with van der Waals surface area (Å²) in [4.78, 5) is 7.81. The number of guanidine groups is 1. The SMILES string of the molecule is CCNC(=NCC(C)Cn1cccn1)NCCc1c[nH]c2cc(F)ccc12.I. The van der Waals surface area contributed by atoms with Crippen LogP contribution < -0.4 is 10.6 Å². The average Bonchev–Trinajstić information content (AvgIpc) is 3.29. The van der Waals surface area contributed by atoms with Gasteiger partial charge in [-0.05, 0) is 49.1 Å². The minimum absolute atomic E-state index is 0. The second-order valence-corrected chi connectivity index (χ2v) is 6.73. The Bertz CT molecular complexity index is 874. The van der Waals surface area contributed by atoms with Gasteiger partial charge in [0.2, 0.25) is 0 Å². The second-order valence-electron chi connectivity index (χ2n) is 6.73. The van der Waals surface area contributed by atoms with Crippen molar-refractivity contribution in [1.82, 2.24) is 25.4 Å². The van der Waals surface area contributed by atoms with E-state index in [2.05, 4.69) is 39.6 Å². The molecule has 0 radical (unpaired) electrons. The Morgan fingerprint density at radius 1 is 1.36 bits per heavy atom. The molecule has 8 heteroatoms. The smallest absolute Gasteiger partial charge is 0.191 e. The van der Waals surface area contributed by atoms with Crippen LogP contribution in [0.4, 0.5) is 4.39 Å². The zero-order chi connectivity index (χ0) is 19.1. The maximum Gasteiger partial charge on any atom is 0.191 e. The molecular weight excluding hydrogens is 470 g/mol. The summed E-state index contributed by atoms with van der Waals surface area (Å²) in [6.45, 7) is 7.36. The summed E-state index contributed by atoms with van der Waals surface area (Å²) in [5.74, 6) is 0.986. The van der Waals surface area contributed by atoms with E-state index in [1.54, 1.807) is 6.20 Å². The molecule has 2 aromatic heterocycles. The van der Waals surface area contributed by atoms with Gasteiger partial charge in [0.15, 0.2) is 5.96 Å². The highest BCUT2D eigenvalue weighted by Gasteiger charge is 2.06. The molecule has 152 valence electrons. The van der Waals surface area contributed by atoms with Gasteiger partial charge in [-0.3, -0.25) is 9.67 Å². The molecule has 0 saturated heterocycles. The van der Waals surface area contributed by atoms with Crippen LogP contribution in [0.3, 0.4) is 0 Å². The molecule has 3 aromatic rings. The molecule has 0 aliphatic rings. The summed E-state index contributed by atoms with van der Waals surface area (Å²) < 4.78 is 15.2. The van der Waals surface area contributed by atoms with Gasteiger partial charge in [0.05, 0.1) is 0 Å². The molecule has 3 N–H and O–H groups in total. The molecule has 0 fully saturated rings. The van der Waals surface area contributed by atoms with Crippen molar-refractivity contribution < 1.29 is 4.39 Å². The number of aromatic amines is 1. The van der Waals surface area contributed by atoms with Crippen molar-refractivity contribution in [1.29, 1.82) is 0 Å². The molecule has 0 aliphatic heterocycles. The molecule has 2 heterocycles. The van der Waals surface area contributed by atoms with Crippen molar-refractivity contribution in [2.75, 3.05) is 19.6 Å². The van der Waals surface area contributed by atoms with Gasteiger partial charge in [0, 0.05) is 55.7 Å². The summed E-state index contributed by atoms with van der Waals surface area (Å²) in [6, 6.07) is 6.78. The zero-order valence-corrected chi connectivity index (χ0v) is 18.6. The summed E-state index contributed by atoms with van der Waals surface area (Å²) in [5.41, 5.74) is 2.00. The van der Waals surface area contributed by atoms with Crippen molar-refractivity contribution in [2.24, 2.45) is 10.9 Å². The summed E-state index contributed by atoms with van der Waals surface area (Å²) in [5, 5.41) is 12.0. The van der Waals surface area contributed by atoms with Crippen LogP contribution in [0.1, 0.15) is 19.4 Å². The molecule has 1 atom stereocenters. The van der Waals surface area contributed by atoms with E-state index in [0.717, 1.165) is 49.5 Å². The molecule has 1 unspecified atom stereocenters. The van der Waals surface area contributed by atoms with Crippen LogP contribution >= 0.6 is 24.0 Å². The number of hydrogen-bond donors (Lipinski definition) is 3. The van der Waals surface area contributed by atoms with Crippen molar-refractivity contribution in [3.05, 3.63) is 54.2 Å². The number of fused-ring (bicyclic) bond motifs is 1. The summed E-state index contributed by atoms with van der Waals surface area (Å²) in [6.07, 6.45) is 6.54. The number of rotatable bonds is 8. The van der Waals surface area contributed by atoms with Gasteiger partial charge in [-0.2, -0.15) is 5.10 Å². The molecule has 28 heavy (non-hydrogen) atoms. The van der Waals surface area contributed by atoms with E-state index in [-0.39, 0.29) is 29.8 Å². The Kier molecular flexibility index (Phi) is 8.75. The lowest BCUT2D eigenvalue weighted by Gasteiger charge is -2.13. The van der Waals surface area contributed by atoms with Gasteiger partial charge in [-0.25, -0.2) is 4.39 Å². The minimum Gasteiger partial charge on any atom is -0.361 e. The molecule has 0 amide bonds. The lowest BCUT2D eigenvalue weighted by molar-refractivity contribution is 0.458. The van der Waals surface area contributed by atoms with Crippen LogP contribution in [0.2, 0.25) is 0 Å². The largest absolute Gasteiger partial charge is 0.361 e. The highest BCUT2D eigenvalue weighted by atomic mass is 127. The Labute approximate surface area is 182 Å². The topological polar surface area (TPSA) is 70.0 Å². The standard InChI is InChI=1S/C20H27FN6.HI/c1-3-22-20(25-12-15(2)14-27-10-4-8-26-27)23-9-7-16-13-24-19-11-17(21)5-6-18(16)19;/h4-6,8,10-11,13,15,24H,3,7,9,12,14H2,1-2H3,(H2,22,23,25);1H. The third-order valence-electron chi connectivity index (χ3n) is 4.38. The number of benzene rings is 1. The van der Waals surface area contributed by atoms with E-state index < -0.39 is 0 Å². The Hall–Kier alpha value is -2.10. The highest BCUT2D eigenvalue weighted by Crippen LogP contribution is 2.19. The number of halogens is 2. The lowest BCUT2D eigenvalue weighted by Crippen LogP contribution is -2.38. The Morgan fingerprint density at radius 2 is 2.21 bits per heavy atom. The van der Waals surface area contributed by atoms with E-state index in [1.165, 1.54) is 17.7 Å². The third-order valence-corrected chi connectivity index (χ3v) is 4.38. The molecule has 6 nitrogen and oxygen atoms in total. The van der Waals surface area contributed by atoms with E-state index in [1.807, 2.05) is 29.2 Å². The van der Waals surface area contributed by atoms with Gasteiger partial charge in [0.25, 0.3) is 0 Å². The van der Waals surface area contributed by atoms with Gasteiger partial charge in [0.1, 0.15) is 5.82 Å². The Morgan fingerprint density at radius 3 is 2.96 bits per heavy atom. The normalized spacial score (nSPS) is 12.6. The molecule has 3 rings (SSSR count). The first kappa shape index (κ1) is 22.2. The highest BCUT2D eigenvalue weighted by molar-refractivity contribution is 14.0. The monoisotopic (exact) mass is 498 g/mol. The number of nitrogens with zero attached hydrogens (tertiary/aromatic N) is 3. The maximum absolute atomic E-state index is 13.3. The van der Waals surface area contributed by atoms with Crippen molar-refractivity contribution in [3.8, 4) is 0 Å². The first-order valence-corrected chi connectivity index (χ1v) is 9.41. The fraction of sp³-hybridized carbons (Fsp3) is 0.400. The second kappa shape index (κ2) is 11.0. The van der Waals surface area contributed by atoms with E-state index in [9.17, 15) is 4.39 Å². The number of H-pyrrole nitrogens is 1. The summed E-state index contributed by atoms with van der Waals surface area (Å²) in [7, 11) is 0. The maximum atomic E-state index is 13.3. The van der Waals surface area contributed by atoms with Gasteiger partial charge < -0.3 is 15.6 Å². The van der Waals surface area contributed by atoms with Crippen LogP contribution in [0.15, 0.2) is 47.8 Å². The first-order valence-electron chi connectivity index (χ1n) is 9.41. The fourth-order valence-corrected chi connectivity index (χ4v) is 3.06. The molecule has 0 spiro atoms. The fourth-order valence-electron chi connectivity index (χ4n) is 3.06. The number of aliphatic imine (C=N–C) groups is 1. The molecule has 0 aliphatic carbocycles. The predicted octanol–water partition coefficient (Wildman–Crippen LogP) is 3.56. The molecular formula is C20H28FIN6. The van der Waals surface area contributed by atoms with Crippen molar-refractivity contribution in [3.63, 3.8) is 0 Å². The van der Waals surface area contributed by atoms with Crippen LogP contribution in [0.25, 0.3) is 10.9 Å². The minimum atomic E-state index is -0.222. The zero-order valence-electron chi connectivity index (χ0n) is 16.3. The van der Waals surface area contributed by atoms with Crippen LogP contribution in [-0.2, 0) is 13.0 Å². The number of hydrogen-bond acceptors (Lipinski definition) is 2. The van der Waals surface area contributed by atoms with Gasteiger partial charge in [-0.15, -0.1) is 24.0 Å². The third kappa shape index (κ3) is 6.22. The summed E-state index contributed by atoms with van der Waals surface area (Å²) >= 11 is 0. The van der Waals surface area contributed by atoms with Gasteiger partial charge >= 0.3 is 0 Å². The van der Waals surface area contributed by atoms with Gasteiger partial charge in [-0.1, -0.05) is 6.92 Å². The van der Waals surface area contributed by atoms with Crippen LogP contribution in [0, 0.1) is 11.7 Å². The number of aromatic nitrogens is 3. The number of nitrogens with one attached hydrogen (secondary N) is 3.